The van der Waals surface area contributed by atoms with E-state index in [1.54, 1.807) is 0 Å². The molecule has 1 aliphatic rings. The summed E-state index contributed by atoms with van der Waals surface area (Å²) in [5.74, 6) is -1.55. The van der Waals surface area contributed by atoms with E-state index in [-0.39, 0.29) is 18.5 Å². The molecule has 4 heteroatoms. The topological polar surface area (TPSA) is 63.6 Å². The van der Waals surface area contributed by atoms with Crippen molar-refractivity contribution in [2.75, 3.05) is 0 Å². The predicted molar refractivity (Wildman–Crippen MR) is 69.5 cm³/mol. The number of carboxylic acids is 1. The van der Waals surface area contributed by atoms with Crippen LogP contribution in [0.1, 0.15) is 25.8 Å². The summed E-state index contributed by atoms with van der Waals surface area (Å²) in [6.07, 6.45) is 0.332. The van der Waals surface area contributed by atoms with Gasteiger partial charge >= 0.3 is 11.9 Å². The number of esters is 1. The summed E-state index contributed by atoms with van der Waals surface area (Å²) in [7, 11) is 0. The van der Waals surface area contributed by atoms with E-state index in [2.05, 4.69) is 0 Å². The summed E-state index contributed by atoms with van der Waals surface area (Å²) in [5, 5.41) is 9.02. The van der Waals surface area contributed by atoms with Crippen LogP contribution in [0.5, 0.6) is 0 Å². The number of hydrogen-bond donors (Lipinski definition) is 1. The van der Waals surface area contributed by atoms with Crippen LogP contribution in [0.15, 0.2) is 30.3 Å². The van der Waals surface area contributed by atoms with Crippen LogP contribution in [0.4, 0.5) is 0 Å². The molecule has 1 aliphatic carbocycles. The maximum absolute atomic E-state index is 11.8. The molecule has 1 N–H and O–H groups in total. The summed E-state index contributed by atoms with van der Waals surface area (Å²) >= 11 is 0. The standard InChI is InChI=1S/C15H18O4/c1-15(2)11(14(17)18)9-12(15)19-13(16)8-10-6-4-3-5-7-10/h3-7,11-12H,8-9H2,1-2H3,(H,17,18)/t11-,12-/m1/s1. The Morgan fingerprint density at radius 2 is 1.95 bits per heavy atom. The number of benzene rings is 1. The molecule has 102 valence electrons. The summed E-state index contributed by atoms with van der Waals surface area (Å²) in [4.78, 5) is 22.8. The van der Waals surface area contributed by atoms with Crippen molar-refractivity contribution in [2.45, 2.75) is 32.8 Å². The first kappa shape index (κ1) is 13.6. The second-order valence-corrected chi connectivity index (χ2v) is 5.59. The molecule has 1 aromatic carbocycles. The quantitative estimate of drug-likeness (QED) is 0.845. The lowest BCUT2D eigenvalue weighted by Crippen LogP contribution is -2.54. The zero-order valence-corrected chi connectivity index (χ0v) is 11.1. The van der Waals surface area contributed by atoms with E-state index >= 15 is 0 Å². The van der Waals surface area contributed by atoms with E-state index in [0.717, 1.165) is 5.56 Å². The number of rotatable bonds is 4. The Labute approximate surface area is 112 Å². The number of hydrogen-bond acceptors (Lipinski definition) is 3. The van der Waals surface area contributed by atoms with Crippen molar-refractivity contribution >= 4 is 11.9 Å². The number of aliphatic carboxylic acids is 1. The lowest BCUT2D eigenvalue weighted by molar-refractivity contribution is -0.188. The van der Waals surface area contributed by atoms with Crippen LogP contribution in [0.2, 0.25) is 0 Å². The van der Waals surface area contributed by atoms with Gasteiger partial charge in [-0.15, -0.1) is 0 Å². The Bertz CT molecular complexity index is 478. The highest BCUT2D eigenvalue weighted by Gasteiger charge is 2.54. The van der Waals surface area contributed by atoms with E-state index in [0.29, 0.717) is 6.42 Å². The van der Waals surface area contributed by atoms with Crippen LogP contribution < -0.4 is 0 Å². The first-order valence-corrected chi connectivity index (χ1v) is 6.37. The van der Waals surface area contributed by atoms with Crippen molar-refractivity contribution in [1.82, 2.24) is 0 Å². The Kier molecular flexibility index (Phi) is 3.60. The molecule has 0 radical (unpaired) electrons. The van der Waals surface area contributed by atoms with Gasteiger partial charge < -0.3 is 9.84 Å². The highest BCUT2D eigenvalue weighted by molar-refractivity contribution is 5.75. The third kappa shape index (κ3) is 2.78. The third-order valence-corrected chi connectivity index (χ3v) is 3.94. The first-order chi connectivity index (χ1) is 8.91. The van der Waals surface area contributed by atoms with Crippen molar-refractivity contribution in [3.8, 4) is 0 Å². The molecule has 0 aromatic heterocycles. The fourth-order valence-electron chi connectivity index (χ4n) is 2.47. The molecule has 0 saturated heterocycles. The van der Waals surface area contributed by atoms with Gasteiger partial charge in [0.05, 0.1) is 12.3 Å². The minimum absolute atomic E-state index is 0.227. The van der Waals surface area contributed by atoms with Gasteiger partial charge in [-0.1, -0.05) is 44.2 Å². The molecule has 1 fully saturated rings. The molecular formula is C15H18O4. The molecule has 2 rings (SSSR count). The summed E-state index contributed by atoms with van der Waals surface area (Å²) in [6, 6.07) is 9.37. The normalized spacial score (nSPS) is 24.3. The molecule has 0 heterocycles. The summed E-state index contributed by atoms with van der Waals surface area (Å²) in [5.41, 5.74) is 0.414. The van der Waals surface area contributed by atoms with E-state index in [1.165, 1.54) is 0 Å². The van der Waals surface area contributed by atoms with E-state index in [4.69, 9.17) is 9.84 Å². The average molecular weight is 262 g/mol. The zero-order valence-electron chi connectivity index (χ0n) is 11.1. The third-order valence-electron chi connectivity index (χ3n) is 3.94. The van der Waals surface area contributed by atoms with Crippen molar-refractivity contribution < 1.29 is 19.4 Å². The van der Waals surface area contributed by atoms with Gasteiger partial charge in [0.25, 0.3) is 0 Å². The van der Waals surface area contributed by atoms with Crippen molar-refractivity contribution in [2.24, 2.45) is 11.3 Å². The van der Waals surface area contributed by atoms with Crippen molar-refractivity contribution in [1.29, 1.82) is 0 Å². The molecule has 19 heavy (non-hydrogen) atoms. The summed E-state index contributed by atoms with van der Waals surface area (Å²) < 4.78 is 5.38. The Hall–Kier alpha value is -1.84. The van der Waals surface area contributed by atoms with Gasteiger partial charge in [0.1, 0.15) is 6.10 Å². The molecule has 0 aliphatic heterocycles. The maximum atomic E-state index is 11.8. The van der Waals surface area contributed by atoms with Gasteiger partial charge in [0, 0.05) is 5.41 Å². The Balaban J connectivity index is 1.89. The number of ether oxygens (including phenoxy) is 1. The van der Waals surface area contributed by atoms with E-state index < -0.39 is 17.3 Å². The van der Waals surface area contributed by atoms with Crippen LogP contribution in [0.3, 0.4) is 0 Å². The van der Waals surface area contributed by atoms with Crippen molar-refractivity contribution in [3.63, 3.8) is 0 Å². The molecule has 2 atom stereocenters. The Morgan fingerprint density at radius 1 is 1.32 bits per heavy atom. The minimum Gasteiger partial charge on any atom is -0.481 e. The van der Waals surface area contributed by atoms with E-state index in [1.807, 2.05) is 44.2 Å². The molecule has 0 unspecified atom stereocenters. The predicted octanol–water partition coefficient (Wildman–Crippen LogP) is 2.27. The molecule has 0 bridgehead atoms. The number of carbonyl (C=O) groups excluding carboxylic acids is 1. The lowest BCUT2D eigenvalue weighted by atomic mass is 9.60. The lowest BCUT2D eigenvalue weighted by Gasteiger charge is -2.48. The largest absolute Gasteiger partial charge is 0.481 e. The van der Waals surface area contributed by atoms with Crippen LogP contribution in [-0.2, 0) is 20.7 Å². The van der Waals surface area contributed by atoms with Gasteiger partial charge in [-0.25, -0.2) is 0 Å². The van der Waals surface area contributed by atoms with Crippen LogP contribution >= 0.6 is 0 Å². The van der Waals surface area contributed by atoms with Gasteiger partial charge in [0.2, 0.25) is 0 Å². The fourth-order valence-corrected chi connectivity index (χ4v) is 2.47. The van der Waals surface area contributed by atoms with Gasteiger partial charge in [-0.2, -0.15) is 0 Å². The summed E-state index contributed by atoms with van der Waals surface area (Å²) in [6.45, 7) is 3.66. The zero-order chi connectivity index (χ0) is 14.0. The smallest absolute Gasteiger partial charge is 0.310 e. The second-order valence-electron chi connectivity index (χ2n) is 5.59. The molecule has 1 aromatic rings. The molecular weight excluding hydrogens is 244 g/mol. The first-order valence-electron chi connectivity index (χ1n) is 6.37. The van der Waals surface area contributed by atoms with Crippen LogP contribution in [0, 0.1) is 11.3 Å². The highest BCUT2D eigenvalue weighted by Crippen LogP contribution is 2.48. The number of carbonyl (C=O) groups is 2. The van der Waals surface area contributed by atoms with Crippen LogP contribution in [0.25, 0.3) is 0 Å². The molecule has 0 amide bonds. The maximum Gasteiger partial charge on any atom is 0.310 e. The monoisotopic (exact) mass is 262 g/mol. The van der Waals surface area contributed by atoms with Crippen molar-refractivity contribution in [3.05, 3.63) is 35.9 Å². The van der Waals surface area contributed by atoms with Crippen LogP contribution in [-0.4, -0.2) is 23.1 Å². The fraction of sp³-hybridized carbons (Fsp3) is 0.467. The molecule has 4 nitrogen and oxygen atoms in total. The molecule has 1 saturated carbocycles. The highest BCUT2D eigenvalue weighted by atomic mass is 16.5. The molecule has 0 spiro atoms. The number of carboxylic acid groups (broad SMARTS) is 1. The SMILES string of the molecule is CC1(C)[C@@H](C(=O)O)C[C@H]1OC(=O)Cc1ccccc1. The Morgan fingerprint density at radius 3 is 2.47 bits per heavy atom. The average Bonchev–Trinajstić information content (AvgIpc) is 2.34. The minimum atomic E-state index is -0.819. The van der Waals surface area contributed by atoms with Gasteiger partial charge in [0.15, 0.2) is 0 Å². The van der Waals surface area contributed by atoms with E-state index in [9.17, 15) is 9.59 Å². The second kappa shape index (κ2) is 5.03. The van der Waals surface area contributed by atoms with Gasteiger partial charge in [-0.3, -0.25) is 9.59 Å². The van der Waals surface area contributed by atoms with Gasteiger partial charge in [-0.05, 0) is 12.0 Å².